The van der Waals surface area contributed by atoms with Gasteiger partial charge < -0.3 is 18.3 Å². The minimum Gasteiger partial charge on any atom is -0.309 e. The summed E-state index contributed by atoms with van der Waals surface area (Å²) in [4.78, 5) is 3.25. The van der Waals surface area contributed by atoms with Gasteiger partial charge in [-0.3, -0.25) is 4.21 Å². The number of hydrogen-bond acceptors (Lipinski definition) is 1. The fourth-order valence-electron chi connectivity index (χ4n) is 19.4. The van der Waals surface area contributed by atoms with Gasteiger partial charge in [0.25, 0.3) is 0 Å². The van der Waals surface area contributed by atoms with Crippen LogP contribution < -0.4 is 0 Å². The van der Waals surface area contributed by atoms with E-state index >= 15 is 4.21 Å². The van der Waals surface area contributed by atoms with E-state index in [9.17, 15) is 0 Å². The lowest BCUT2D eigenvalue weighted by atomic mass is 9.95. The lowest BCUT2D eigenvalue weighted by Gasteiger charge is -2.39. The summed E-state index contributed by atoms with van der Waals surface area (Å²) in [5.41, 5.74) is 35.6. The van der Waals surface area contributed by atoms with Crippen molar-refractivity contribution in [2.45, 2.75) is 75.0 Å². The molecule has 2 aliphatic rings. The zero-order valence-electron chi connectivity index (χ0n) is 62.6. The van der Waals surface area contributed by atoms with Crippen LogP contribution in [-0.4, -0.2) is 22.5 Å². The van der Waals surface area contributed by atoms with Crippen LogP contribution in [0.3, 0.4) is 0 Å². The number of benzene rings is 16. The summed E-state index contributed by atoms with van der Waals surface area (Å²) in [6.07, 6.45) is 0. The third-order valence-electron chi connectivity index (χ3n) is 24.3. The Labute approximate surface area is 638 Å². The van der Waals surface area contributed by atoms with Crippen molar-refractivity contribution in [1.29, 1.82) is 0 Å². The monoisotopic (exact) mass is 1430 g/mol. The van der Waals surface area contributed by atoms with Gasteiger partial charge in [-0.05, 0) is 270 Å². The molecule has 0 saturated carbocycles. The van der Waals surface area contributed by atoms with E-state index < -0.39 is 9.07 Å². The number of fused-ring (bicyclic) bond motifs is 22. The Morgan fingerprint density at radius 3 is 0.536 bits per heavy atom. The number of aryl methyl sites for hydroxylation is 8. The van der Waals surface area contributed by atoms with Crippen molar-refractivity contribution in [2.75, 3.05) is 0 Å². The fourth-order valence-corrected chi connectivity index (χ4v) is 24.5. The highest BCUT2D eigenvalue weighted by atomic mass is 32.3. The summed E-state index contributed by atoms with van der Waals surface area (Å²) < 4.78 is 29.7. The van der Waals surface area contributed by atoms with Gasteiger partial charge >= 0.3 is 0 Å². The molecule has 0 atom stereocenters. The molecule has 16 aromatic carbocycles. The molecule has 1 spiro atoms. The van der Waals surface area contributed by atoms with E-state index in [1.165, 1.54) is 87.6 Å². The molecule has 0 radical (unpaired) electrons. The summed E-state index contributed by atoms with van der Waals surface area (Å²) in [5.74, 6) is 0. The molecule has 0 N–H and O–H groups in total. The molecule has 0 unspecified atom stereocenters. The van der Waals surface area contributed by atoms with Crippen LogP contribution in [0.5, 0.6) is 0 Å². The minimum absolute atomic E-state index is 0.813. The number of para-hydroxylation sites is 4. The molecule has 0 fully saturated rings. The van der Waals surface area contributed by atoms with Crippen molar-refractivity contribution in [2.24, 2.45) is 0 Å². The van der Waals surface area contributed by atoms with E-state index in [-0.39, 0.29) is 0 Å². The molecule has 2 aliphatic heterocycles. The van der Waals surface area contributed by atoms with Gasteiger partial charge in [-0.2, -0.15) is 0 Å². The first-order valence-corrected chi connectivity index (χ1v) is 40.3. The summed E-state index contributed by atoms with van der Waals surface area (Å²) in [6, 6.07) is 118. The van der Waals surface area contributed by atoms with E-state index in [1.807, 2.05) is 0 Å². The van der Waals surface area contributed by atoms with Crippen LogP contribution in [0.1, 0.15) is 44.5 Å². The van der Waals surface area contributed by atoms with Crippen LogP contribution >= 0.6 is 0 Å². The van der Waals surface area contributed by atoms with Crippen LogP contribution in [0.4, 0.5) is 0 Å². The molecule has 6 heterocycles. The van der Waals surface area contributed by atoms with Crippen LogP contribution in [0, 0.1) is 55.4 Å². The van der Waals surface area contributed by atoms with Crippen molar-refractivity contribution in [1.82, 2.24) is 18.3 Å². The highest BCUT2D eigenvalue weighted by Crippen LogP contribution is 2.72. The Morgan fingerprint density at radius 2 is 0.355 bits per heavy atom. The van der Waals surface area contributed by atoms with Gasteiger partial charge in [-0.1, -0.05) is 190 Å². The third kappa shape index (κ3) is 8.88. The molecule has 5 nitrogen and oxygen atoms in total. The molecule has 0 saturated heterocycles. The Hall–Kier alpha value is -13.1. The summed E-state index contributed by atoms with van der Waals surface area (Å²) >= 11 is 0. The zero-order chi connectivity index (χ0) is 73.9. The second-order valence-corrected chi connectivity index (χ2v) is 35.0. The highest BCUT2D eigenvalue weighted by Gasteiger charge is 2.58. The molecule has 0 aliphatic carbocycles. The molecular weight excluding hydrogens is 1350 g/mol. The molecule has 110 heavy (non-hydrogen) atoms. The lowest BCUT2D eigenvalue weighted by molar-refractivity contribution is 0.658. The van der Waals surface area contributed by atoms with Gasteiger partial charge in [-0.25, -0.2) is 0 Å². The molecular formula is C104H76N4OS. The molecule has 0 amide bonds. The smallest absolute Gasteiger partial charge is 0.0541 e. The first kappa shape index (κ1) is 64.1. The number of aromatic nitrogens is 4. The topological polar surface area (TPSA) is 36.8 Å². The second-order valence-electron chi connectivity index (χ2n) is 31.4. The van der Waals surface area contributed by atoms with Crippen LogP contribution in [0.2, 0.25) is 0 Å². The maximum atomic E-state index is 19.9. The highest BCUT2D eigenvalue weighted by molar-refractivity contribution is 8.21. The van der Waals surface area contributed by atoms with E-state index in [4.69, 9.17) is 0 Å². The quantitative estimate of drug-likeness (QED) is 0.149. The van der Waals surface area contributed by atoms with Gasteiger partial charge in [0.2, 0.25) is 0 Å². The van der Waals surface area contributed by atoms with E-state index in [0.717, 1.165) is 153 Å². The molecule has 524 valence electrons. The normalized spacial score (nSPS) is 13.7. The van der Waals surface area contributed by atoms with Crippen molar-refractivity contribution >= 4 is 96.3 Å². The van der Waals surface area contributed by atoms with Crippen LogP contribution in [-0.2, 0) is 9.07 Å². The maximum absolute atomic E-state index is 19.9. The Morgan fingerprint density at radius 1 is 0.182 bits per heavy atom. The van der Waals surface area contributed by atoms with Gasteiger partial charge in [-0.15, -0.1) is 0 Å². The predicted molar refractivity (Wildman–Crippen MR) is 462 cm³/mol. The second kappa shape index (κ2) is 23.2. The first-order chi connectivity index (χ1) is 53.6. The summed E-state index contributed by atoms with van der Waals surface area (Å²) in [5, 5.41) is 9.82. The van der Waals surface area contributed by atoms with Crippen molar-refractivity contribution in [3.05, 3.63) is 360 Å². The standard InChI is InChI=1S/C104H76N4OS/c1-61-25-37-93-77(49-61)78-50-62(2)26-38-94(78)105(93)89-21-13-9-17-73(89)69-33-45-101-85(57-69)86-58-70(74-18-10-14-22-90(74)106-95-39-27-63(3)51-79(95)80-52-64(4)28-40-96(80)106)34-46-102(86)110(101,109)103-47-35-71(75-19-11-15-23-91(75)107-97-41-29-65(5)53-81(97)82-54-66(6)30-42-98(82)107)59-87(103)88-60-72(36-48-104(88)110)76-20-12-16-24-92(76)108-99-43-31-67(7)55-83(99)84-56-68(8)32-44-100(84)108/h9-60H,1-8H3. The van der Waals surface area contributed by atoms with Crippen molar-refractivity contribution < 1.29 is 4.21 Å². The number of rotatable bonds is 8. The average molecular weight is 1430 g/mol. The van der Waals surface area contributed by atoms with E-state index in [0.29, 0.717) is 0 Å². The molecule has 22 rings (SSSR count). The zero-order valence-corrected chi connectivity index (χ0v) is 63.4. The number of nitrogens with zero attached hydrogens (tertiary/aromatic N) is 4. The maximum Gasteiger partial charge on any atom is 0.0541 e. The molecule has 6 heteroatoms. The molecule has 0 bridgehead atoms. The van der Waals surface area contributed by atoms with E-state index in [1.54, 1.807) is 0 Å². The SMILES string of the molecule is Cc1ccc2c(c1)c1cc(C)ccc1n2-c1ccccc1-c1ccc2c(c1)-c1cc(-c3ccccc3-n3c4ccc(C)cc4c4cc(C)ccc43)ccc1S21(=O)c2ccc(-c3ccccc3-n3c4ccc(C)cc4c4cc(C)ccc43)cc2-c2cc(-c3ccccc3-n3c4ccc(C)cc4c4cc(C)ccc43)ccc21. The number of hydrogen-bond donors (Lipinski definition) is 0. The van der Waals surface area contributed by atoms with Gasteiger partial charge in [0.1, 0.15) is 0 Å². The Balaban J connectivity index is 0.822. The fraction of sp³-hybridized carbons (Fsp3) is 0.0769. The van der Waals surface area contributed by atoms with Gasteiger partial charge in [0.15, 0.2) is 0 Å². The Kier molecular flexibility index (Phi) is 13.5. The lowest BCUT2D eigenvalue weighted by Crippen LogP contribution is -2.30. The third-order valence-corrected chi connectivity index (χ3v) is 29.1. The summed E-state index contributed by atoms with van der Waals surface area (Å²) in [6.45, 7) is 17.5. The molecule has 4 aromatic heterocycles. The van der Waals surface area contributed by atoms with E-state index in [2.05, 4.69) is 389 Å². The first-order valence-electron chi connectivity index (χ1n) is 38.3. The largest absolute Gasteiger partial charge is 0.309 e. The Bertz CT molecular complexity index is 6450. The van der Waals surface area contributed by atoms with Crippen LogP contribution in [0.15, 0.2) is 335 Å². The molecule has 20 aromatic rings. The van der Waals surface area contributed by atoms with Gasteiger partial charge in [0, 0.05) is 94.0 Å². The average Bonchev–Trinajstić information content (AvgIpc) is 1.47. The van der Waals surface area contributed by atoms with Gasteiger partial charge in [0.05, 0.1) is 66.9 Å². The predicted octanol–water partition coefficient (Wildman–Crippen LogP) is 27.5. The van der Waals surface area contributed by atoms with Crippen molar-refractivity contribution in [3.63, 3.8) is 0 Å². The summed E-state index contributed by atoms with van der Waals surface area (Å²) in [7, 11) is -4.66. The van der Waals surface area contributed by atoms with Crippen molar-refractivity contribution in [3.8, 4) is 89.5 Å². The minimum atomic E-state index is -4.66. The van der Waals surface area contributed by atoms with Crippen LogP contribution in [0.25, 0.3) is 177 Å².